The Kier molecular flexibility index (Phi) is 5.42. The first kappa shape index (κ1) is 17.8. The molecule has 0 fully saturated rings. The van der Waals surface area contributed by atoms with E-state index < -0.39 is 4.92 Å². The molecule has 0 heterocycles. The van der Waals surface area contributed by atoms with E-state index in [0.717, 1.165) is 12.1 Å². The van der Waals surface area contributed by atoms with Crippen LogP contribution in [0, 0.1) is 10.1 Å². The third kappa shape index (κ3) is 3.66. The number of nitro groups is 1. The van der Waals surface area contributed by atoms with Crippen LogP contribution in [0.1, 0.15) is 0 Å². The molecule has 8 nitrogen and oxygen atoms in total. The Hall–Kier alpha value is -2.58. The maximum Gasteiger partial charge on any atom is 0.272 e. The van der Waals surface area contributed by atoms with Crippen LogP contribution < -0.4 is 15.2 Å². The smallest absolute Gasteiger partial charge is 0.272 e. The van der Waals surface area contributed by atoms with Crippen molar-refractivity contribution in [2.45, 2.75) is 0 Å². The zero-order valence-corrected chi connectivity index (χ0v) is 14.1. The molecule has 10 heteroatoms. The summed E-state index contributed by atoms with van der Waals surface area (Å²) in [5.74, 6) is 0.761. The minimum absolute atomic E-state index is 0.000623. The summed E-state index contributed by atoms with van der Waals surface area (Å²) in [6.45, 7) is 0. The summed E-state index contributed by atoms with van der Waals surface area (Å²) in [7, 11) is 2.91. The molecule has 0 amide bonds. The lowest BCUT2D eigenvalue weighted by molar-refractivity contribution is -0.384. The first-order chi connectivity index (χ1) is 11.4. The number of rotatable bonds is 5. The van der Waals surface area contributed by atoms with E-state index in [-0.39, 0.29) is 21.4 Å². The van der Waals surface area contributed by atoms with Gasteiger partial charge in [0.05, 0.1) is 34.9 Å². The van der Waals surface area contributed by atoms with Gasteiger partial charge in [-0.05, 0) is 0 Å². The average Bonchev–Trinajstić information content (AvgIpc) is 2.54. The predicted molar refractivity (Wildman–Crippen MR) is 91.3 cm³/mol. The van der Waals surface area contributed by atoms with E-state index in [0.29, 0.717) is 22.9 Å². The highest BCUT2D eigenvalue weighted by Gasteiger charge is 2.15. The molecular weight excluding hydrogens is 359 g/mol. The van der Waals surface area contributed by atoms with Crippen LogP contribution in [0.3, 0.4) is 0 Å². The summed E-state index contributed by atoms with van der Waals surface area (Å²) >= 11 is 12.0. The van der Waals surface area contributed by atoms with Gasteiger partial charge < -0.3 is 15.2 Å². The van der Waals surface area contributed by atoms with Crippen molar-refractivity contribution in [2.75, 3.05) is 20.0 Å². The first-order valence-corrected chi connectivity index (χ1v) is 7.19. The predicted octanol–water partition coefficient (Wildman–Crippen LogP) is 4.92. The largest absolute Gasteiger partial charge is 0.495 e. The molecule has 2 rings (SSSR count). The van der Waals surface area contributed by atoms with Crippen molar-refractivity contribution in [3.8, 4) is 11.5 Å². The number of hydrogen-bond acceptors (Lipinski definition) is 7. The molecule has 0 aliphatic heterocycles. The Balaban J connectivity index is 2.46. The number of nitro benzene ring substituents is 1. The molecule has 0 bridgehead atoms. The molecule has 0 aromatic heterocycles. The fourth-order valence-electron chi connectivity index (χ4n) is 1.84. The number of non-ortho nitro benzene ring substituents is 1. The summed E-state index contributed by atoms with van der Waals surface area (Å²) in [5.41, 5.74) is 6.35. The summed E-state index contributed by atoms with van der Waals surface area (Å²) in [6, 6.07) is 5.35. The molecule has 0 aliphatic carbocycles. The monoisotopic (exact) mass is 370 g/mol. The first-order valence-electron chi connectivity index (χ1n) is 6.44. The second-order valence-electron chi connectivity index (χ2n) is 4.48. The van der Waals surface area contributed by atoms with Gasteiger partial charge in [0, 0.05) is 24.3 Å². The van der Waals surface area contributed by atoms with Crippen molar-refractivity contribution < 1.29 is 14.4 Å². The van der Waals surface area contributed by atoms with Crippen molar-refractivity contribution in [2.24, 2.45) is 10.2 Å². The lowest BCUT2D eigenvalue weighted by Crippen LogP contribution is -1.94. The van der Waals surface area contributed by atoms with Crippen LogP contribution in [0.25, 0.3) is 0 Å². The molecule has 0 unspecified atom stereocenters. The van der Waals surface area contributed by atoms with Crippen molar-refractivity contribution in [3.63, 3.8) is 0 Å². The molecular formula is C14H12Cl2N4O4. The van der Waals surface area contributed by atoms with E-state index in [4.69, 9.17) is 38.4 Å². The van der Waals surface area contributed by atoms with E-state index in [2.05, 4.69) is 10.2 Å². The lowest BCUT2D eigenvalue weighted by atomic mass is 10.2. The fourth-order valence-corrected chi connectivity index (χ4v) is 2.39. The van der Waals surface area contributed by atoms with Crippen molar-refractivity contribution >= 4 is 46.0 Å². The molecule has 24 heavy (non-hydrogen) atoms. The number of benzene rings is 2. The Morgan fingerprint density at radius 1 is 1.04 bits per heavy atom. The number of nitrogen functional groups attached to an aromatic ring is 1. The van der Waals surface area contributed by atoms with Gasteiger partial charge in [-0.25, -0.2) is 0 Å². The number of anilines is 1. The molecule has 2 aromatic carbocycles. The maximum atomic E-state index is 10.8. The van der Waals surface area contributed by atoms with Crippen LogP contribution in [0.5, 0.6) is 11.5 Å². The van der Waals surface area contributed by atoms with Crippen LogP contribution in [-0.4, -0.2) is 19.1 Å². The standard InChI is InChI=1S/C14H12Cl2N4O4/c1-23-12-6-11(13(24-2)5-10(12)17)18-19-14-8(15)3-7(20(21)22)4-9(14)16/h3-6H,17H2,1-2H3/b19-18+. The molecule has 2 N–H and O–H groups in total. The highest BCUT2D eigenvalue weighted by molar-refractivity contribution is 6.39. The number of nitrogens with two attached hydrogens (primary N) is 1. The molecule has 2 aromatic rings. The van der Waals surface area contributed by atoms with E-state index in [1.54, 1.807) is 0 Å². The Morgan fingerprint density at radius 2 is 1.62 bits per heavy atom. The molecule has 0 atom stereocenters. The Bertz CT molecular complexity index is 804. The van der Waals surface area contributed by atoms with Gasteiger partial charge in [-0.15, -0.1) is 10.2 Å². The zero-order chi connectivity index (χ0) is 17.9. The van der Waals surface area contributed by atoms with Gasteiger partial charge in [0.15, 0.2) is 0 Å². The third-order valence-corrected chi connectivity index (χ3v) is 3.58. The fraction of sp³-hybridized carbons (Fsp3) is 0.143. The number of azo groups is 1. The molecule has 0 spiro atoms. The van der Waals surface area contributed by atoms with Crippen molar-refractivity contribution in [1.82, 2.24) is 0 Å². The SMILES string of the molecule is COc1cc(/N=N/c2c(Cl)cc([N+](=O)[O-])cc2Cl)c(OC)cc1N. The van der Waals surface area contributed by atoms with Gasteiger partial charge in [-0.2, -0.15) is 0 Å². The van der Waals surface area contributed by atoms with Crippen LogP contribution in [0.15, 0.2) is 34.5 Å². The van der Waals surface area contributed by atoms with E-state index in [1.165, 1.54) is 26.4 Å². The van der Waals surface area contributed by atoms with Crippen LogP contribution in [0.2, 0.25) is 10.0 Å². The normalized spacial score (nSPS) is 10.8. The number of halogens is 2. The van der Waals surface area contributed by atoms with Gasteiger partial charge in [-0.1, -0.05) is 23.2 Å². The molecule has 0 radical (unpaired) electrons. The zero-order valence-electron chi connectivity index (χ0n) is 12.6. The Morgan fingerprint density at radius 3 is 2.12 bits per heavy atom. The van der Waals surface area contributed by atoms with Crippen molar-refractivity contribution in [3.05, 3.63) is 44.4 Å². The minimum atomic E-state index is -0.605. The van der Waals surface area contributed by atoms with E-state index in [9.17, 15) is 10.1 Å². The summed E-state index contributed by atoms with van der Waals surface area (Å²) in [4.78, 5) is 10.2. The second-order valence-corrected chi connectivity index (χ2v) is 5.30. The maximum absolute atomic E-state index is 10.8. The quantitative estimate of drug-likeness (QED) is 0.347. The number of nitrogens with zero attached hydrogens (tertiary/aromatic N) is 3. The van der Waals surface area contributed by atoms with Gasteiger partial charge in [0.25, 0.3) is 5.69 Å². The Labute approximate surface area is 146 Å². The average molecular weight is 371 g/mol. The molecule has 0 aliphatic rings. The summed E-state index contributed by atoms with van der Waals surface area (Å²) < 4.78 is 10.3. The summed E-state index contributed by atoms with van der Waals surface area (Å²) in [6.07, 6.45) is 0. The third-order valence-electron chi connectivity index (χ3n) is 3.00. The van der Waals surface area contributed by atoms with Gasteiger partial charge >= 0.3 is 0 Å². The number of methoxy groups -OCH3 is 2. The van der Waals surface area contributed by atoms with Crippen LogP contribution >= 0.6 is 23.2 Å². The highest BCUT2D eigenvalue weighted by Crippen LogP contribution is 2.40. The van der Waals surface area contributed by atoms with Crippen molar-refractivity contribution in [1.29, 1.82) is 0 Å². The summed E-state index contributed by atoms with van der Waals surface area (Å²) in [5, 5.41) is 18.7. The van der Waals surface area contributed by atoms with E-state index in [1.807, 2.05) is 0 Å². The van der Waals surface area contributed by atoms with Crippen LogP contribution in [0.4, 0.5) is 22.7 Å². The minimum Gasteiger partial charge on any atom is -0.495 e. The number of hydrogen-bond donors (Lipinski definition) is 1. The second kappa shape index (κ2) is 7.33. The molecule has 126 valence electrons. The van der Waals surface area contributed by atoms with Crippen LogP contribution in [-0.2, 0) is 0 Å². The lowest BCUT2D eigenvalue weighted by Gasteiger charge is -2.09. The van der Waals surface area contributed by atoms with E-state index >= 15 is 0 Å². The van der Waals surface area contributed by atoms with Gasteiger partial charge in [0.1, 0.15) is 22.9 Å². The van der Waals surface area contributed by atoms with Gasteiger partial charge in [0.2, 0.25) is 0 Å². The molecule has 0 saturated carbocycles. The highest BCUT2D eigenvalue weighted by atomic mass is 35.5. The topological polar surface area (TPSA) is 112 Å². The molecule has 0 saturated heterocycles. The van der Waals surface area contributed by atoms with Gasteiger partial charge in [-0.3, -0.25) is 10.1 Å². The number of ether oxygens (including phenoxy) is 2.